The number of carbonyl (C=O) groups excluding carboxylic acids is 1. The van der Waals surface area contributed by atoms with Gasteiger partial charge >= 0.3 is 12.2 Å². The van der Waals surface area contributed by atoms with Crippen molar-refractivity contribution in [3.05, 3.63) is 64.2 Å². The Morgan fingerprint density at radius 3 is 2.55 bits per heavy atom. The molecular weight excluding hydrogens is 448 g/mol. The molecule has 0 radical (unpaired) electrons. The van der Waals surface area contributed by atoms with Gasteiger partial charge in [-0.05, 0) is 48.7 Å². The molecule has 168 valence electrons. The fraction of sp³-hybridized carbons (Fsp3) is 0.400. The lowest BCUT2D eigenvalue weighted by Gasteiger charge is -2.32. The van der Waals surface area contributed by atoms with E-state index in [2.05, 4.69) is 15.6 Å². The van der Waals surface area contributed by atoms with Crippen LogP contribution in [0.4, 0.5) is 31.1 Å². The molecule has 1 fully saturated rings. The summed E-state index contributed by atoms with van der Waals surface area (Å²) in [5.41, 5.74) is -1.47. The second-order valence-electron chi connectivity index (χ2n) is 7.28. The molecule has 0 saturated heterocycles. The number of rotatable bonds is 4. The molecule has 1 aliphatic carbocycles. The summed E-state index contributed by atoms with van der Waals surface area (Å²) in [6.45, 7) is 0. The minimum Gasteiger partial charge on any atom is -0.329 e. The summed E-state index contributed by atoms with van der Waals surface area (Å²) in [5, 5.41) is 4.74. The number of nitrogens with zero attached hydrogens (tertiary/aromatic N) is 1. The Hall–Kier alpha value is -2.49. The zero-order chi connectivity index (χ0) is 22.8. The first kappa shape index (κ1) is 23.2. The van der Waals surface area contributed by atoms with Gasteiger partial charge in [0, 0.05) is 12.6 Å². The Morgan fingerprint density at radius 1 is 1.19 bits per heavy atom. The normalized spacial score (nSPS) is 19.5. The fourth-order valence-electron chi connectivity index (χ4n) is 3.43. The van der Waals surface area contributed by atoms with Gasteiger partial charge in [0.1, 0.15) is 5.82 Å². The van der Waals surface area contributed by atoms with E-state index in [1.54, 1.807) is 0 Å². The van der Waals surface area contributed by atoms with Crippen LogP contribution in [0.1, 0.15) is 48.5 Å². The van der Waals surface area contributed by atoms with Crippen LogP contribution >= 0.6 is 11.6 Å². The van der Waals surface area contributed by atoms with Crippen LogP contribution in [0.3, 0.4) is 0 Å². The first-order chi connectivity index (χ1) is 14.5. The van der Waals surface area contributed by atoms with E-state index in [4.69, 9.17) is 11.6 Å². The Morgan fingerprint density at radius 2 is 1.94 bits per heavy atom. The number of carbonyl (C=O) groups is 1. The van der Waals surface area contributed by atoms with E-state index in [0.717, 1.165) is 6.07 Å². The Labute approximate surface area is 179 Å². The number of halogens is 7. The van der Waals surface area contributed by atoms with E-state index in [9.17, 15) is 31.1 Å². The lowest BCUT2D eigenvalue weighted by Crippen LogP contribution is -2.53. The second kappa shape index (κ2) is 8.94. The molecule has 11 heteroatoms. The fourth-order valence-corrected chi connectivity index (χ4v) is 3.54. The third-order valence-corrected chi connectivity index (χ3v) is 5.19. The van der Waals surface area contributed by atoms with Gasteiger partial charge in [-0.2, -0.15) is 13.2 Å². The van der Waals surface area contributed by atoms with Crippen molar-refractivity contribution >= 4 is 17.6 Å². The first-order valence-electron chi connectivity index (χ1n) is 9.40. The zero-order valence-corrected chi connectivity index (χ0v) is 16.7. The smallest absolute Gasteiger partial charge is 0.329 e. The summed E-state index contributed by atoms with van der Waals surface area (Å²) in [6.07, 6.45) is -3.12. The molecule has 2 atom stereocenters. The Kier molecular flexibility index (Phi) is 6.68. The van der Waals surface area contributed by atoms with Crippen molar-refractivity contribution in [2.24, 2.45) is 0 Å². The Bertz CT molecular complexity index is 936. The predicted octanol–water partition coefficient (Wildman–Crippen LogP) is 5.86. The number of nitrogens with one attached hydrogen (secondary N) is 2. The highest BCUT2D eigenvalue weighted by molar-refractivity contribution is 6.30. The van der Waals surface area contributed by atoms with Crippen LogP contribution in [0.2, 0.25) is 5.02 Å². The van der Waals surface area contributed by atoms with Crippen LogP contribution < -0.4 is 10.6 Å². The number of benzene rings is 1. The molecule has 0 aliphatic heterocycles. The molecule has 1 heterocycles. The van der Waals surface area contributed by atoms with E-state index in [1.807, 2.05) is 0 Å². The largest absolute Gasteiger partial charge is 0.416 e. The summed E-state index contributed by atoms with van der Waals surface area (Å²) in [4.78, 5) is 16.4. The molecule has 0 bridgehead atoms. The molecule has 1 unspecified atom stereocenters. The van der Waals surface area contributed by atoms with E-state index in [1.165, 1.54) is 18.3 Å². The minimum atomic E-state index is -4.83. The number of hydrogen-bond donors (Lipinski definition) is 2. The highest BCUT2D eigenvalue weighted by atomic mass is 35.5. The van der Waals surface area contributed by atoms with Gasteiger partial charge in [-0.25, -0.2) is 18.0 Å². The van der Waals surface area contributed by atoms with E-state index >= 15 is 0 Å². The molecule has 2 N–H and O–H groups in total. The number of pyridine rings is 1. The molecular formula is C20H18ClF6N3O. The van der Waals surface area contributed by atoms with Gasteiger partial charge in [0.05, 0.1) is 28.4 Å². The van der Waals surface area contributed by atoms with Gasteiger partial charge in [0.2, 0.25) is 0 Å². The van der Waals surface area contributed by atoms with Crippen LogP contribution in [0.5, 0.6) is 0 Å². The molecule has 1 aliphatic rings. The van der Waals surface area contributed by atoms with Crippen molar-refractivity contribution in [1.29, 1.82) is 0 Å². The van der Waals surface area contributed by atoms with Gasteiger partial charge in [-0.1, -0.05) is 18.0 Å². The molecule has 31 heavy (non-hydrogen) atoms. The molecule has 1 aromatic carbocycles. The van der Waals surface area contributed by atoms with Crippen LogP contribution in [0.25, 0.3) is 0 Å². The summed E-state index contributed by atoms with van der Waals surface area (Å²) < 4.78 is 81.5. The van der Waals surface area contributed by atoms with Crippen LogP contribution in [-0.4, -0.2) is 23.0 Å². The van der Waals surface area contributed by atoms with Crippen molar-refractivity contribution in [3.63, 3.8) is 0 Å². The van der Waals surface area contributed by atoms with E-state index in [0.29, 0.717) is 25.0 Å². The number of hydrogen-bond acceptors (Lipinski definition) is 2. The average molecular weight is 466 g/mol. The van der Waals surface area contributed by atoms with Gasteiger partial charge in [-0.15, -0.1) is 0 Å². The second-order valence-corrected chi connectivity index (χ2v) is 7.72. The monoisotopic (exact) mass is 465 g/mol. The molecule has 1 saturated carbocycles. The van der Waals surface area contributed by atoms with Crippen LogP contribution in [0.15, 0.2) is 36.5 Å². The van der Waals surface area contributed by atoms with Crippen molar-refractivity contribution in [1.82, 2.24) is 15.6 Å². The van der Waals surface area contributed by atoms with E-state index < -0.39 is 41.6 Å². The zero-order valence-electron chi connectivity index (χ0n) is 15.9. The summed E-state index contributed by atoms with van der Waals surface area (Å²) >= 11 is 5.78. The van der Waals surface area contributed by atoms with Gasteiger partial charge in [0.15, 0.2) is 0 Å². The van der Waals surface area contributed by atoms with Crippen molar-refractivity contribution in [2.75, 3.05) is 0 Å². The molecule has 1 aromatic heterocycles. The van der Waals surface area contributed by atoms with Gasteiger partial charge in [0.25, 0.3) is 5.92 Å². The minimum absolute atomic E-state index is 0.0497. The maximum Gasteiger partial charge on any atom is 0.416 e. The SMILES string of the molecule is O=C(NC1CCCCC1(F)F)N[C@@H](c1cc(F)cc(C(F)(F)F)c1)c1ccc(Cl)cn1. The van der Waals surface area contributed by atoms with Crippen molar-refractivity contribution in [2.45, 2.75) is 49.9 Å². The lowest BCUT2D eigenvalue weighted by molar-refractivity contribution is -0.137. The third-order valence-electron chi connectivity index (χ3n) is 4.97. The number of amides is 2. The first-order valence-corrected chi connectivity index (χ1v) is 9.77. The maximum absolute atomic E-state index is 14.0. The highest BCUT2D eigenvalue weighted by Gasteiger charge is 2.42. The van der Waals surface area contributed by atoms with Crippen molar-refractivity contribution in [3.8, 4) is 0 Å². The van der Waals surface area contributed by atoms with Crippen LogP contribution in [0, 0.1) is 5.82 Å². The standard InChI is InChI=1S/C20H18ClF6N3O/c21-13-4-5-15(28-10-13)17(11-7-12(20(25,26)27)9-14(22)8-11)30-18(31)29-16-3-1-2-6-19(16,23)24/h4-5,7-10,16-17H,1-3,6H2,(H2,29,30,31)/t16?,17-/m0/s1. The maximum atomic E-state index is 14.0. The molecule has 0 spiro atoms. The van der Waals surface area contributed by atoms with E-state index in [-0.39, 0.29) is 29.1 Å². The molecule has 4 nitrogen and oxygen atoms in total. The lowest BCUT2D eigenvalue weighted by atomic mass is 9.91. The predicted molar refractivity (Wildman–Crippen MR) is 101 cm³/mol. The van der Waals surface area contributed by atoms with Gasteiger partial charge in [-0.3, -0.25) is 4.98 Å². The highest BCUT2D eigenvalue weighted by Crippen LogP contribution is 2.34. The number of alkyl halides is 5. The molecule has 3 rings (SSSR count). The topological polar surface area (TPSA) is 54.0 Å². The quantitative estimate of drug-likeness (QED) is 0.556. The third kappa shape index (κ3) is 5.81. The van der Waals surface area contributed by atoms with Crippen LogP contribution in [-0.2, 0) is 6.18 Å². The number of aromatic nitrogens is 1. The Balaban J connectivity index is 1.92. The van der Waals surface area contributed by atoms with Gasteiger partial charge < -0.3 is 10.6 Å². The van der Waals surface area contributed by atoms with Crippen molar-refractivity contribution < 1.29 is 31.1 Å². The molecule has 2 amide bonds. The summed E-state index contributed by atoms with van der Waals surface area (Å²) in [6, 6.07) is 0.718. The average Bonchev–Trinajstić information content (AvgIpc) is 2.67. The molecule has 2 aromatic rings. The summed E-state index contributed by atoms with van der Waals surface area (Å²) in [5.74, 6) is -4.28. The number of urea groups is 1. The summed E-state index contributed by atoms with van der Waals surface area (Å²) in [7, 11) is 0.